The zero-order chi connectivity index (χ0) is 14.7. The van der Waals surface area contributed by atoms with Crippen LogP contribution in [0.4, 0.5) is 10.1 Å². The Labute approximate surface area is 113 Å². The second-order valence-electron chi connectivity index (χ2n) is 4.41. The molecule has 1 aliphatic rings. The standard InChI is InChI=1S/C12H12FN3O4/c13-9-5-8(6-11(7-9)16(19)20)12(17)15-3-1-10(14-18)2-4-15/h5-7,18H,1-4H2. The molecule has 2 rings (SSSR count). The van der Waals surface area contributed by atoms with Crippen LogP contribution in [0, 0.1) is 15.9 Å². The summed E-state index contributed by atoms with van der Waals surface area (Å²) in [5, 5.41) is 22.4. The number of hydrogen-bond acceptors (Lipinski definition) is 5. The van der Waals surface area contributed by atoms with E-state index in [1.807, 2.05) is 0 Å². The number of carbonyl (C=O) groups excluding carboxylic acids is 1. The Balaban J connectivity index is 2.19. The first kappa shape index (κ1) is 13.9. The van der Waals surface area contributed by atoms with Gasteiger partial charge in [-0.3, -0.25) is 14.9 Å². The van der Waals surface area contributed by atoms with Gasteiger partial charge in [0.15, 0.2) is 0 Å². The molecule has 0 unspecified atom stereocenters. The molecule has 1 amide bonds. The lowest BCUT2D eigenvalue weighted by Crippen LogP contribution is -2.38. The largest absolute Gasteiger partial charge is 0.411 e. The van der Waals surface area contributed by atoms with Crippen LogP contribution >= 0.6 is 0 Å². The molecule has 1 saturated heterocycles. The van der Waals surface area contributed by atoms with Crippen molar-refractivity contribution in [3.63, 3.8) is 0 Å². The average molecular weight is 281 g/mol. The molecule has 1 heterocycles. The minimum atomic E-state index is -0.822. The first-order valence-electron chi connectivity index (χ1n) is 5.95. The number of carbonyl (C=O) groups is 1. The molecule has 7 nitrogen and oxygen atoms in total. The van der Waals surface area contributed by atoms with Crippen LogP contribution < -0.4 is 0 Å². The summed E-state index contributed by atoms with van der Waals surface area (Å²) in [5.74, 6) is -1.29. The van der Waals surface area contributed by atoms with Crippen LogP contribution in [0.3, 0.4) is 0 Å². The van der Waals surface area contributed by atoms with E-state index in [9.17, 15) is 19.3 Å². The number of amides is 1. The zero-order valence-corrected chi connectivity index (χ0v) is 10.5. The average Bonchev–Trinajstić information content (AvgIpc) is 2.46. The maximum Gasteiger partial charge on any atom is 0.273 e. The van der Waals surface area contributed by atoms with Gasteiger partial charge in [0.25, 0.3) is 11.6 Å². The predicted octanol–water partition coefficient (Wildman–Crippen LogP) is 1.80. The van der Waals surface area contributed by atoms with Crippen LogP contribution in [-0.4, -0.2) is 39.7 Å². The quantitative estimate of drug-likeness (QED) is 0.508. The maximum absolute atomic E-state index is 13.3. The number of rotatable bonds is 2. The second kappa shape index (κ2) is 5.64. The molecule has 0 aromatic heterocycles. The lowest BCUT2D eigenvalue weighted by molar-refractivity contribution is -0.385. The second-order valence-corrected chi connectivity index (χ2v) is 4.41. The molecule has 1 N–H and O–H groups in total. The molecule has 0 spiro atoms. The topological polar surface area (TPSA) is 96.0 Å². The van der Waals surface area contributed by atoms with Crippen molar-refractivity contribution in [2.24, 2.45) is 5.16 Å². The lowest BCUT2D eigenvalue weighted by Gasteiger charge is -2.27. The number of nitro benzene ring substituents is 1. The smallest absolute Gasteiger partial charge is 0.273 e. The van der Waals surface area contributed by atoms with E-state index < -0.39 is 22.3 Å². The molecule has 20 heavy (non-hydrogen) atoms. The fraction of sp³-hybridized carbons (Fsp3) is 0.333. The van der Waals surface area contributed by atoms with Gasteiger partial charge in [0.1, 0.15) is 5.82 Å². The first-order chi connectivity index (χ1) is 9.51. The number of non-ortho nitro benzene ring substituents is 1. The fourth-order valence-corrected chi connectivity index (χ4v) is 2.05. The monoisotopic (exact) mass is 281 g/mol. The van der Waals surface area contributed by atoms with Gasteiger partial charge in [-0.1, -0.05) is 5.16 Å². The molecule has 1 aromatic rings. The molecule has 0 radical (unpaired) electrons. The summed E-state index contributed by atoms with van der Waals surface area (Å²) in [6.45, 7) is 0.672. The van der Waals surface area contributed by atoms with Gasteiger partial charge >= 0.3 is 0 Å². The van der Waals surface area contributed by atoms with E-state index in [1.54, 1.807) is 0 Å². The number of piperidine rings is 1. The summed E-state index contributed by atoms with van der Waals surface area (Å²) in [4.78, 5) is 23.5. The van der Waals surface area contributed by atoms with Crippen molar-refractivity contribution >= 4 is 17.3 Å². The van der Waals surface area contributed by atoms with Crippen LogP contribution in [0.2, 0.25) is 0 Å². The summed E-state index contributed by atoms with van der Waals surface area (Å²) in [5.41, 5.74) is 0.0864. The van der Waals surface area contributed by atoms with Crippen molar-refractivity contribution < 1.29 is 19.3 Å². The molecular weight excluding hydrogens is 269 g/mol. The van der Waals surface area contributed by atoms with E-state index in [1.165, 1.54) is 4.90 Å². The first-order valence-corrected chi connectivity index (χ1v) is 5.95. The molecule has 106 valence electrons. The van der Waals surface area contributed by atoms with E-state index in [2.05, 4.69) is 5.16 Å². The molecule has 0 bridgehead atoms. The zero-order valence-electron chi connectivity index (χ0n) is 10.5. The van der Waals surface area contributed by atoms with Crippen LogP contribution in [0.25, 0.3) is 0 Å². The van der Waals surface area contributed by atoms with Gasteiger partial charge in [0, 0.05) is 37.6 Å². The number of nitrogens with zero attached hydrogens (tertiary/aromatic N) is 3. The third kappa shape index (κ3) is 2.90. The third-order valence-corrected chi connectivity index (χ3v) is 3.11. The fourth-order valence-electron chi connectivity index (χ4n) is 2.05. The minimum Gasteiger partial charge on any atom is -0.411 e. The normalized spacial score (nSPS) is 15.1. The van der Waals surface area contributed by atoms with Gasteiger partial charge in [-0.05, 0) is 6.07 Å². The minimum absolute atomic E-state index is 0.0545. The van der Waals surface area contributed by atoms with E-state index in [-0.39, 0.29) is 5.56 Å². The van der Waals surface area contributed by atoms with Crippen molar-refractivity contribution in [2.45, 2.75) is 12.8 Å². The van der Waals surface area contributed by atoms with Gasteiger partial charge in [0.05, 0.1) is 16.7 Å². The summed E-state index contributed by atoms with van der Waals surface area (Å²) < 4.78 is 13.3. The summed E-state index contributed by atoms with van der Waals surface area (Å²) in [6, 6.07) is 2.80. The Hall–Kier alpha value is -2.51. The van der Waals surface area contributed by atoms with Crippen LogP contribution in [0.15, 0.2) is 23.4 Å². The SMILES string of the molecule is O=C(c1cc(F)cc([N+](=O)[O-])c1)N1CCC(=NO)CC1. The summed E-state index contributed by atoms with van der Waals surface area (Å²) in [6.07, 6.45) is 0.860. The molecule has 1 fully saturated rings. The molecule has 1 aromatic carbocycles. The van der Waals surface area contributed by atoms with E-state index in [4.69, 9.17) is 5.21 Å². The van der Waals surface area contributed by atoms with Crippen molar-refractivity contribution in [2.75, 3.05) is 13.1 Å². The van der Waals surface area contributed by atoms with Crippen molar-refractivity contribution in [1.82, 2.24) is 4.90 Å². The highest BCUT2D eigenvalue weighted by Crippen LogP contribution is 2.19. The highest BCUT2D eigenvalue weighted by molar-refractivity contribution is 5.96. The number of likely N-dealkylation sites (tertiary alicyclic amines) is 1. The van der Waals surface area contributed by atoms with Crippen LogP contribution in [0.5, 0.6) is 0 Å². The number of halogens is 1. The van der Waals surface area contributed by atoms with Crippen molar-refractivity contribution in [3.05, 3.63) is 39.7 Å². The molecule has 0 saturated carbocycles. The molecule has 0 aliphatic carbocycles. The number of benzene rings is 1. The molecule has 0 atom stereocenters. The molecular formula is C12H12FN3O4. The van der Waals surface area contributed by atoms with Crippen molar-refractivity contribution in [3.8, 4) is 0 Å². The summed E-state index contributed by atoms with van der Waals surface area (Å²) >= 11 is 0. The van der Waals surface area contributed by atoms with Gasteiger partial charge in [0.2, 0.25) is 0 Å². The van der Waals surface area contributed by atoms with E-state index in [0.717, 1.165) is 18.2 Å². The number of nitro groups is 1. The lowest BCUT2D eigenvalue weighted by atomic mass is 10.1. The van der Waals surface area contributed by atoms with Gasteiger partial charge in [-0.25, -0.2) is 4.39 Å². The Morgan fingerprint density at radius 1 is 1.35 bits per heavy atom. The Bertz CT molecular complexity index is 578. The van der Waals surface area contributed by atoms with Gasteiger partial charge in [-0.2, -0.15) is 0 Å². The Kier molecular flexibility index (Phi) is 3.92. The van der Waals surface area contributed by atoms with Crippen LogP contribution in [0.1, 0.15) is 23.2 Å². The van der Waals surface area contributed by atoms with Gasteiger partial charge in [-0.15, -0.1) is 0 Å². The molecule has 8 heteroatoms. The third-order valence-electron chi connectivity index (χ3n) is 3.11. The van der Waals surface area contributed by atoms with Crippen molar-refractivity contribution in [1.29, 1.82) is 0 Å². The Morgan fingerprint density at radius 2 is 2.00 bits per heavy atom. The van der Waals surface area contributed by atoms with Crippen LogP contribution in [-0.2, 0) is 0 Å². The van der Waals surface area contributed by atoms with E-state index in [0.29, 0.717) is 31.6 Å². The predicted molar refractivity (Wildman–Crippen MR) is 67.4 cm³/mol. The Morgan fingerprint density at radius 3 is 2.55 bits per heavy atom. The number of oxime groups is 1. The number of hydrogen-bond donors (Lipinski definition) is 1. The van der Waals surface area contributed by atoms with E-state index >= 15 is 0 Å². The summed E-state index contributed by atoms with van der Waals surface area (Å²) in [7, 11) is 0. The molecule has 1 aliphatic heterocycles. The maximum atomic E-state index is 13.3. The van der Waals surface area contributed by atoms with Gasteiger partial charge < -0.3 is 10.1 Å². The highest BCUT2D eigenvalue weighted by atomic mass is 19.1. The highest BCUT2D eigenvalue weighted by Gasteiger charge is 2.23.